The number of hydrogen-bond donors (Lipinski definition) is 1. The van der Waals surface area contributed by atoms with Crippen LogP contribution in [-0.2, 0) is 9.84 Å². The Morgan fingerprint density at radius 3 is 2.35 bits per heavy atom. The lowest BCUT2D eigenvalue weighted by atomic mass is 9.85. The highest BCUT2D eigenvalue weighted by atomic mass is 32.2. The normalized spacial score (nSPS) is 37.1. The fourth-order valence-corrected chi connectivity index (χ4v) is 4.29. The molecule has 0 spiro atoms. The molecule has 4 nitrogen and oxygen atoms in total. The third-order valence-corrected chi connectivity index (χ3v) is 6.11. The van der Waals surface area contributed by atoms with Gasteiger partial charge < -0.3 is 10.6 Å². The lowest BCUT2D eigenvalue weighted by molar-refractivity contribution is 0.216. The molecular formula is C12H24N2O2S. The molecule has 100 valence electrons. The molecule has 1 aliphatic carbocycles. The monoisotopic (exact) mass is 260 g/mol. The molecule has 2 rings (SSSR count). The maximum absolute atomic E-state index is 11.3. The summed E-state index contributed by atoms with van der Waals surface area (Å²) in [6.45, 7) is 6.81. The third kappa shape index (κ3) is 3.01. The van der Waals surface area contributed by atoms with Crippen molar-refractivity contribution in [2.45, 2.75) is 32.7 Å². The van der Waals surface area contributed by atoms with E-state index in [1.165, 1.54) is 12.8 Å². The standard InChI is InChI=1S/C12H24N2O2S/c1-12(2)4-3-10(11(12)13)9-14-5-7-17(15,16)8-6-14/h10-11H,3-9,13H2,1-2H3. The van der Waals surface area contributed by atoms with Crippen LogP contribution in [0, 0.1) is 11.3 Å². The Morgan fingerprint density at radius 1 is 1.29 bits per heavy atom. The maximum atomic E-state index is 11.3. The molecule has 0 bridgehead atoms. The summed E-state index contributed by atoms with van der Waals surface area (Å²) < 4.78 is 22.7. The second kappa shape index (κ2) is 4.52. The van der Waals surface area contributed by atoms with Crippen LogP contribution in [0.1, 0.15) is 26.7 Å². The van der Waals surface area contributed by atoms with Gasteiger partial charge in [-0.2, -0.15) is 0 Å². The first-order valence-corrected chi connectivity index (χ1v) is 8.31. The van der Waals surface area contributed by atoms with Gasteiger partial charge in [0.25, 0.3) is 0 Å². The molecule has 0 aromatic rings. The molecule has 2 N–H and O–H groups in total. The van der Waals surface area contributed by atoms with E-state index in [1.54, 1.807) is 0 Å². The van der Waals surface area contributed by atoms with Gasteiger partial charge in [-0.05, 0) is 24.2 Å². The molecule has 2 unspecified atom stereocenters. The van der Waals surface area contributed by atoms with E-state index in [1.807, 2.05) is 0 Å². The Hall–Kier alpha value is -0.130. The summed E-state index contributed by atoms with van der Waals surface area (Å²) in [6, 6.07) is 0.251. The minimum absolute atomic E-state index is 0.243. The first-order valence-electron chi connectivity index (χ1n) is 6.48. The minimum atomic E-state index is -2.76. The van der Waals surface area contributed by atoms with Crippen LogP contribution in [0.4, 0.5) is 0 Å². The molecule has 2 fully saturated rings. The van der Waals surface area contributed by atoms with Crippen LogP contribution in [0.15, 0.2) is 0 Å². The summed E-state index contributed by atoms with van der Waals surface area (Å²) in [5, 5.41) is 0. The highest BCUT2D eigenvalue weighted by Crippen LogP contribution is 2.40. The lowest BCUT2D eigenvalue weighted by Gasteiger charge is -2.32. The molecule has 0 amide bonds. The predicted octanol–water partition coefficient (Wildman–Crippen LogP) is 0.480. The first kappa shape index (κ1) is 13.3. The van der Waals surface area contributed by atoms with Crippen molar-refractivity contribution in [3.8, 4) is 0 Å². The van der Waals surface area contributed by atoms with Crippen molar-refractivity contribution < 1.29 is 8.42 Å². The molecule has 0 aromatic heterocycles. The van der Waals surface area contributed by atoms with E-state index in [2.05, 4.69) is 18.7 Å². The van der Waals surface area contributed by atoms with Gasteiger partial charge in [0.1, 0.15) is 0 Å². The zero-order chi connectivity index (χ0) is 12.7. The molecule has 0 radical (unpaired) electrons. The molecule has 5 heteroatoms. The Balaban J connectivity index is 1.87. The third-order valence-electron chi connectivity index (χ3n) is 4.50. The minimum Gasteiger partial charge on any atom is -0.327 e. The van der Waals surface area contributed by atoms with Crippen LogP contribution in [-0.4, -0.2) is 50.5 Å². The molecule has 1 heterocycles. The molecule has 1 aliphatic heterocycles. The average molecular weight is 260 g/mol. The molecule has 1 saturated carbocycles. The largest absolute Gasteiger partial charge is 0.327 e. The number of nitrogens with two attached hydrogens (primary N) is 1. The molecule has 2 aliphatic rings. The van der Waals surface area contributed by atoms with Gasteiger partial charge >= 0.3 is 0 Å². The number of hydrogen-bond acceptors (Lipinski definition) is 4. The van der Waals surface area contributed by atoms with Gasteiger partial charge in [0.15, 0.2) is 9.84 Å². The fourth-order valence-electron chi connectivity index (χ4n) is 3.01. The highest BCUT2D eigenvalue weighted by molar-refractivity contribution is 7.91. The van der Waals surface area contributed by atoms with Crippen molar-refractivity contribution in [2.75, 3.05) is 31.1 Å². The van der Waals surface area contributed by atoms with Gasteiger partial charge in [-0.15, -0.1) is 0 Å². The van der Waals surface area contributed by atoms with Crippen LogP contribution in [0.3, 0.4) is 0 Å². The quantitative estimate of drug-likeness (QED) is 0.784. The second-order valence-corrected chi connectivity index (χ2v) is 8.57. The van der Waals surface area contributed by atoms with Crippen molar-refractivity contribution in [3.63, 3.8) is 0 Å². The van der Waals surface area contributed by atoms with Crippen molar-refractivity contribution >= 4 is 9.84 Å². The van der Waals surface area contributed by atoms with Gasteiger partial charge in [0.2, 0.25) is 0 Å². The van der Waals surface area contributed by atoms with Gasteiger partial charge in [-0.1, -0.05) is 13.8 Å². The fraction of sp³-hybridized carbons (Fsp3) is 1.00. The van der Waals surface area contributed by atoms with Crippen LogP contribution in [0.2, 0.25) is 0 Å². The van der Waals surface area contributed by atoms with Crippen LogP contribution >= 0.6 is 0 Å². The average Bonchev–Trinajstić information content (AvgIpc) is 2.48. The van der Waals surface area contributed by atoms with Crippen molar-refractivity contribution in [3.05, 3.63) is 0 Å². The van der Waals surface area contributed by atoms with Crippen LogP contribution in [0.5, 0.6) is 0 Å². The van der Waals surface area contributed by atoms with E-state index >= 15 is 0 Å². The topological polar surface area (TPSA) is 63.4 Å². The SMILES string of the molecule is CC1(C)CCC(CN2CCS(=O)(=O)CC2)C1N. The van der Waals surface area contributed by atoms with E-state index in [-0.39, 0.29) is 11.5 Å². The second-order valence-electron chi connectivity index (χ2n) is 6.27. The maximum Gasteiger partial charge on any atom is 0.152 e. The zero-order valence-corrected chi connectivity index (χ0v) is 11.7. The number of rotatable bonds is 2. The molecule has 17 heavy (non-hydrogen) atoms. The van der Waals surface area contributed by atoms with Crippen molar-refractivity contribution in [1.82, 2.24) is 4.90 Å². The van der Waals surface area contributed by atoms with E-state index in [0.29, 0.717) is 30.5 Å². The van der Waals surface area contributed by atoms with Crippen molar-refractivity contribution in [1.29, 1.82) is 0 Å². The smallest absolute Gasteiger partial charge is 0.152 e. The predicted molar refractivity (Wildman–Crippen MR) is 69.6 cm³/mol. The Kier molecular flexibility index (Phi) is 3.54. The highest BCUT2D eigenvalue weighted by Gasteiger charge is 2.40. The van der Waals surface area contributed by atoms with Crippen molar-refractivity contribution in [2.24, 2.45) is 17.1 Å². The van der Waals surface area contributed by atoms with Gasteiger partial charge in [-0.25, -0.2) is 8.42 Å². The summed E-state index contributed by atoms with van der Waals surface area (Å²) in [7, 11) is -2.76. The Bertz CT molecular complexity index is 364. The number of nitrogens with zero attached hydrogens (tertiary/aromatic N) is 1. The Labute approximate surface area is 104 Å². The molecular weight excluding hydrogens is 236 g/mol. The summed E-state index contributed by atoms with van der Waals surface area (Å²) in [5.41, 5.74) is 6.52. The molecule has 0 aromatic carbocycles. The Morgan fingerprint density at radius 2 is 1.88 bits per heavy atom. The molecule has 1 saturated heterocycles. The van der Waals surface area contributed by atoms with Crippen LogP contribution in [0.25, 0.3) is 0 Å². The van der Waals surface area contributed by atoms with E-state index in [0.717, 1.165) is 6.54 Å². The van der Waals surface area contributed by atoms with E-state index < -0.39 is 9.84 Å². The van der Waals surface area contributed by atoms with Gasteiger partial charge in [0.05, 0.1) is 11.5 Å². The van der Waals surface area contributed by atoms with E-state index in [9.17, 15) is 8.42 Å². The zero-order valence-electron chi connectivity index (χ0n) is 10.9. The lowest BCUT2D eigenvalue weighted by Crippen LogP contribution is -2.46. The first-order chi connectivity index (χ1) is 7.80. The van der Waals surface area contributed by atoms with E-state index in [4.69, 9.17) is 5.73 Å². The van der Waals surface area contributed by atoms with Gasteiger partial charge in [0, 0.05) is 25.7 Å². The number of sulfone groups is 1. The van der Waals surface area contributed by atoms with Crippen LogP contribution < -0.4 is 5.73 Å². The molecule has 2 atom stereocenters. The summed E-state index contributed by atoms with van der Waals surface area (Å²) in [5.74, 6) is 1.17. The van der Waals surface area contributed by atoms with Gasteiger partial charge in [-0.3, -0.25) is 0 Å². The summed E-state index contributed by atoms with van der Waals surface area (Å²) in [6.07, 6.45) is 2.36. The summed E-state index contributed by atoms with van der Waals surface area (Å²) in [4.78, 5) is 2.27. The summed E-state index contributed by atoms with van der Waals surface area (Å²) >= 11 is 0.